The maximum absolute atomic E-state index is 15.2. The van der Waals surface area contributed by atoms with E-state index in [0.717, 1.165) is 36.5 Å². The zero-order valence-corrected chi connectivity index (χ0v) is 21.8. The number of carbonyl (C=O) groups is 1. The number of anilines is 1. The predicted molar refractivity (Wildman–Crippen MR) is 138 cm³/mol. The van der Waals surface area contributed by atoms with E-state index in [0.29, 0.717) is 31.4 Å². The van der Waals surface area contributed by atoms with Crippen LogP contribution in [0, 0.1) is 5.92 Å². The molecule has 1 fully saturated rings. The molecule has 0 aliphatic carbocycles. The van der Waals surface area contributed by atoms with Gasteiger partial charge in [-0.15, -0.1) is 0 Å². The minimum atomic E-state index is -2.85. The average Bonchev–Trinajstić information content (AvgIpc) is 3.36. The first-order valence-corrected chi connectivity index (χ1v) is 13.4. The number of halogens is 2. The summed E-state index contributed by atoms with van der Waals surface area (Å²) in [5.74, 6) is -3.84. The number of aromatic nitrogens is 2. The van der Waals surface area contributed by atoms with Crippen molar-refractivity contribution >= 4 is 11.8 Å². The number of carboxylic acid groups (broad SMARTS) is 1. The van der Waals surface area contributed by atoms with Crippen LogP contribution >= 0.6 is 0 Å². The Morgan fingerprint density at radius 1 is 1.30 bits per heavy atom. The Morgan fingerprint density at radius 3 is 2.92 bits per heavy atom. The van der Waals surface area contributed by atoms with E-state index in [9.17, 15) is 9.90 Å². The van der Waals surface area contributed by atoms with Crippen LogP contribution in [0.4, 0.5) is 14.6 Å². The molecule has 2 aromatic rings. The fraction of sp³-hybridized carbons (Fsp3) is 0.607. The number of fused-ring (bicyclic) bond motifs is 1. The fourth-order valence-electron chi connectivity index (χ4n) is 5.30. The van der Waals surface area contributed by atoms with Crippen molar-refractivity contribution in [3.8, 4) is 0 Å². The summed E-state index contributed by atoms with van der Waals surface area (Å²) in [6, 6.07) is 4.81. The van der Waals surface area contributed by atoms with Crippen molar-refractivity contribution in [3.63, 3.8) is 0 Å². The Bertz CT molecular complexity index is 1070. The number of pyridine rings is 2. The molecular formula is C28H38F2N4O3. The second kappa shape index (κ2) is 12.3. The number of nitrogens with zero attached hydrogens (tertiary/aromatic N) is 3. The Labute approximate surface area is 217 Å². The smallest absolute Gasteiger partial charge is 0.325 e. The van der Waals surface area contributed by atoms with Gasteiger partial charge in [-0.3, -0.25) is 14.7 Å². The third-order valence-corrected chi connectivity index (χ3v) is 7.37. The van der Waals surface area contributed by atoms with E-state index in [-0.39, 0.29) is 32.1 Å². The monoisotopic (exact) mass is 516 g/mol. The summed E-state index contributed by atoms with van der Waals surface area (Å²) in [4.78, 5) is 22.7. The summed E-state index contributed by atoms with van der Waals surface area (Å²) in [5.41, 5.74) is 3.38. The van der Waals surface area contributed by atoms with Crippen molar-refractivity contribution < 1.29 is 23.4 Å². The first-order chi connectivity index (χ1) is 17.7. The van der Waals surface area contributed by atoms with Gasteiger partial charge in [0.2, 0.25) is 0 Å². The van der Waals surface area contributed by atoms with Crippen LogP contribution in [-0.4, -0.2) is 57.6 Å². The molecule has 37 heavy (non-hydrogen) atoms. The normalized spacial score (nSPS) is 19.0. The molecule has 0 aromatic carbocycles. The van der Waals surface area contributed by atoms with Crippen LogP contribution in [0.15, 0.2) is 30.6 Å². The molecule has 2 aliphatic heterocycles. The number of carboxylic acids is 1. The molecule has 4 heterocycles. The molecule has 0 bridgehead atoms. The average molecular weight is 517 g/mol. The molecule has 7 nitrogen and oxygen atoms in total. The second-order valence-corrected chi connectivity index (χ2v) is 10.5. The number of aryl methyl sites for hydroxylation is 2. The van der Waals surface area contributed by atoms with Gasteiger partial charge in [0.15, 0.2) is 0 Å². The van der Waals surface area contributed by atoms with E-state index in [4.69, 9.17) is 4.74 Å². The van der Waals surface area contributed by atoms with Gasteiger partial charge in [0.1, 0.15) is 11.9 Å². The number of ether oxygens (including phenoxy) is 1. The summed E-state index contributed by atoms with van der Waals surface area (Å²) in [6.45, 7) is 5.34. The highest BCUT2D eigenvalue weighted by Gasteiger charge is 2.45. The molecule has 2 N–H and O–H groups in total. The number of hydrogen-bond donors (Lipinski definition) is 2. The van der Waals surface area contributed by atoms with Crippen LogP contribution < -0.4 is 5.32 Å². The van der Waals surface area contributed by atoms with Crippen molar-refractivity contribution in [2.75, 3.05) is 25.0 Å². The number of hydrogen-bond acceptors (Lipinski definition) is 6. The molecule has 9 heteroatoms. The Balaban J connectivity index is 1.32. The van der Waals surface area contributed by atoms with Crippen molar-refractivity contribution in [2.45, 2.75) is 83.5 Å². The molecule has 4 rings (SSSR count). The molecule has 0 saturated carbocycles. The van der Waals surface area contributed by atoms with Gasteiger partial charge in [-0.1, -0.05) is 6.07 Å². The summed E-state index contributed by atoms with van der Waals surface area (Å²) >= 11 is 0. The predicted octanol–water partition coefficient (Wildman–Crippen LogP) is 5.26. The number of nitrogens with one attached hydrogen (secondary N) is 1. The molecule has 1 saturated heterocycles. The molecule has 1 unspecified atom stereocenters. The molecule has 2 aliphatic rings. The number of likely N-dealkylation sites (tertiary alicyclic amines) is 1. The van der Waals surface area contributed by atoms with Gasteiger partial charge in [-0.05, 0) is 82.2 Å². The van der Waals surface area contributed by atoms with Crippen molar-refractivity contribution in [2.24, 2.45) is 5.92 Å². The lowest BCUT2D eigenvalue weighted by atomic mass is 9.95. The van der Waals surface area contributed by atoms with Crippen molar-refractivity contribution in [3.05, 3.63) is 53.0 Å². The SMILES string of the molecule is CC(C)OCc1ccncc1C(C(=O)O)N1CC[C@@H](C(F)(F)CCCCc2ccc3c(n2)NCCC3)C1. The van der Waals surface area contributed by atoms with Gasteiger partial charge < -0.3 is 15.2 Å². The Kier molecular flexibility index (Phi) is 9.08. The van der Waals surface area contributed by atoms with E-state index in [1.807, 2.05) is 19.9 Å². The molecule has 202 valence electrons. The number of rotatable bonds is 12. The Hall–Kier alpha value is -2.65. The standard InChI is InChI=1S/C28H38F2N4O3/c1-19(2)37-18-21-10-14-31-16-24(21)25(27(35)36)34-15-11-22(17-34)28(29,30)12-4-3-7-23-9-8-20-6-5-13-32-26(20)33-23/h8-10,14,16,19,22,25H,3-7,11-13,15,17-18H2,1-2H3,(H,32,33)(H,35,36)/t22-,25?/m1/s1. The Morgan fingerprint density at radius 2 is 2.14 bits per heavy atom. The van der Waals surface area contributed by atoms with E-state index < -0.39 is 23.9 Å². The fourth-order valence-corrected chi connectivity index (χ4v) is 5.30. The van der Waals surface area contributed by atoms with Crippen molar-refractivity contribution in [1.82, 2.24) is 14.9 Å². The lowest BCUT2D eigenvalue weighted by Gasteiger charge is -2.28. The van der Waals surface area contributed by atoms with E-state index in [2.05, 4.69) is 21.4 Å². The first kappa shape index (κ1) is 27.4. The second-order valence-electron chi connectivity index (χ2n) is 10.5. The van der Waals surface area contributed by atoms with Gasteiger partial charge in [-0.25, -0.2) is 13.8 Å². The summed E-state index contributed by atoms with van der Waals surface area (Å²) in [6.07, 6.45) is 7.01. The van der Waals surface area contributed by atoms with Gasteiger partial charge in [-0.2, -0.15) is 0 Å². The van der Waals surface area contributed by atoms with E-state index in [1.165, 1.54) is 11.8 Å². The lowest BCUT2D eigenvalue weighted by Crippen LogP contribution is -2.36. The van der Waals surface area contributed by atoms with Gasteiger partial charge in [0, 0.05) is 49.1 Å². The quantitative estimate of drug-likeness (QED) is 0.372. The maximum Gasteiger partial charge on any atom is 0.325 e. The number of aliphatic carboxylic acids is 1. The number of alkyl halides is 2. The minimum absolute atomic E-state index is 0.0150. The van der Waals surface area contributed by atoms with Crippen LogP contribution in [0.2, 0.25) is 0 Å². The topological polar surface area (TPSA) is 87.6 Å². The third-order valence-electron chi connectivity index (χ3n) is 7.37. The first-order valence-electron chi connectivity index (χ1n) is 13.4. The van der Waals surface area contributed by atoms with Gasteiger partial charge in [0.05, 0.1) is 12.7 Å². The van der Waals surface area contributed by atoms with E-state index >= 15 is 8.78 Å². The zero-order valence-electron chi connectivity index (χ0n) is 21.8. The third kappa shape index (κ3) is 7.02. The molecule has 0 spiro atoms. The molecule has 2 aromatic heterocycles. The maximum atomic E-state index is 15.2. The number of unbranched alkanes of at least 4 members (excludes halogenated alkanes) is 1. The van der Waals surface area contributed by atoms with Crippen molar-refractivity contribution in [1.29, 1.82) is 0 Å². The molecule has 0 radical (unpaired) electrons. The lowest BCUT2D eigenvalue weighted by molar-refractivity contribution is -0.143. The minimum Gasteiger partial charge on any atom is -0.480 e. The summed E-state index contributed by atoms with van der Waals surface area (Å²) in [7, 11) is 0. The van der Waals surface area contributed by atoms with Crippen LogP contribution in [0.3, 0.4) is 0 Å². The van der Waals surface area contributed by atoms with Crippen LogP contribution in [0.5, 0.6) is 0 Å². The van der Waals surface area contributed by atoms with Crippen LogP contribution in [-0.2, 0) is 29.0 Å². The highest BCUT2D eigenvalue weighted by Crippen LogP contribution is 2.39. The highest BCUT2D eigenvalue weighted by atomic mass is 19.3. The highest BCUT2D eigenvalue weighted by molar-refractivity contribution is 5.76. The zero-order chi connectivity index (χ0) is 26.4. The molecular weight excluding hydrogens is 478 g/mol. The molecule has 0 amide bonds. The summed E-state index contributed by atoms with van der Waals surface area (Å²) in [5, 5.41) is 13.3. The molecule has 2 atom stereocenters. The van der Waals surface area contributed by atoms with Gasteiger partial charge >= 0.3 is 5.97 Å². The van der Waals surface area contributed by atoms with Crippen LogP contribution in [0.1, 0.15) is 74.4 Å². The summed E-state index contributed by atoms with van der Waals surface area (Å²) < 4.78 is 36.0. The van der Waals surface area contributed by atoms with Gasteiger partial charge in [0.25, 0.3) is 5.92 Å². The van der Waals surface area contributed by atoms with E-state index in [1.54, 1.807) is 17.2 Å². The van der Waals surface area contributed by atoms with Crippen LogP contribution in [0.25, 0.3) is 0 Å². The largest absolute Gasteiger partial charge is 0.480 e.